The van der Waals surface area contributed by atoms with Gasteiger partial charge in [-0.3, -0.25) is 4.79 Å². The van der Waals surface area contributed by atoms with Gasteiger partial charge in [0.05, 0.1) is 17.2 Å². The van der Waals surface area contributed by atoms with Gasteiger partial charge in [0.15, 0.2) is 6.29 Å². The second kappa shape index (κ2) is 4.44. The quantitative estimate of drug-likeness (QED) is 0.693. The molecule has 1 aliphatic rings. The van der Waals surface area contributed by atoms with E-state index in [1.54, 1.807) is 18.3 Å². The lowest BCUT2D eigenvalue weighted by Crippen LogP contribution is -1.99. The highest BCUT2D eigenvalue weighted by molar-refractivity contribution is 5.82. The lowest BCUT2D eigenvalue weighted by atomic mass is 10.2. The molecule has 1 saturated carbocycles. The molecule has 0 unspecified atom stereocenters. The predicted octanol–water partition coefficient (Wildman–Crippen LogP) is 2.78. The first-order chi connectivity index (χ1) is 10.3. The van der Waals surface area contributed by atoms with E-state index in [4.69, 9.17) is 0 Å². The van der Waals surface area contributed by atoms with Gasteiger partial charge >= 0.3 is 0 Å². The van der Waals surface area contributed by atoms with E-state index in [1.807, 2.05) is 4.57 Å². The zero-order valence-corrected chi connectivity index (χ0v) is 11.0. The molecule has 6 heteroatoms. The lowest BCUT2D eigenvalue weighted by molar-refractivity contribution is 0.111. The van der Waals surface area contributed by atoms with Crippen molar-refractivity contribution in [1.29, 1.82) is 0 Å². The highest BCUT2D eigenvalue weighted by Crippen LogP contribution is 2.41. The van der Waals surface area contributed by atoms with E-state index < -0.39 is 0 Å². The molecule has 0 atom stereocenters. The number of halogens is 1. The maximum atomic E-state index is 13.5. The number of hydrogen-bond acceptors (Lipinski definition) is 4. The lowest BCUT2D eigenvalue weighted by Gasteiger charge is -2.07. The number of carbonyl (C=O) groups is 1. The molecule has 0 aliphatic heterocycles. The van der Waals surface area contributed by atoms with Crippen LogP contribution < -0.4 is 0 Å². The molecule has 2 heterocycles. The summed E-state index contributed by atoms with van der Waals surface area (Å²) in [5, 5.41) is 7.56. The minimum atomic E-state index is -0.280. The van der Waals surface area contributed by atoms with Crippen molar-refractivity contribution in [2.24, 2.45) is 0 Å². The van der Waals surface area contributed by atoms with Gasteiger partial charge in [-0.05, 0) is 37.1 Å². The van der Waals surface area contributed by atoms with E-state index in [9.17, 15) is 9.18 Å². The monoisotopic (exact) mass is 282 g/mol. The van der Waals surface area contributed by atoms with Crippen LogP contribution in [0.4, 0.5) is 4.39 Å². The standard InChI is InChI=1S/C15H11FN4O/c16-10-1-4-13-14(6-10)20(12-2-3-12)15(18-13)9-5-11(8-21)19-17-7-9/h1,4-8,12H,2-3H2. The third-order valence-corrected chi connectivity index (χ3v) is 3.62. The van der Waals surface area contributed by atoms with Crippen LogP contribution in [0.5, 0.6) is 0 Å². The number of hydrogen-bond donors (Lipinski definition) is 0. The van der Waals surface area contributed by atoms with E-state index in [1.165, 1.54) is 12.1 Å². The van der Waals surface area contributed by atoms with Crippen molar-refractivity contribution in [3.05, 3.63) is 42.0 Å². The first kappa shape index (κ1) is 12.1. The maximum absolute atomic E-state index is 13.5. The molecule has 21 heavy (non-hydrogen) atoms. The molecule has 1 aromatic carbocycles. The summed E-state index contributed by atoms with van der Waals surface area (Å²) in [7, 11) is 0. The van der Waals surface area contributed by atoms with Crippen LogP contribution in [0.25, 0.3) is 22.4 Å². The van der Waals surface area contributed by atoms with E-state index >= 15 is 0 Å². The third kappa shape index (κ3) is 1.99. The molecule has 1 aliphatic carbocycles. The highest BCUT2D eigenvalue weighted by atomic mass is 19.1. The molecular formula is C15H11FN4O. The Morgan fingerprint density at radius 1 is 1.29 bits per heavy atom. The molecule has 1 fully saturated rings. The molecule has 4 rings (SSSR count). The van der Waals surface area contributed by atoms with Gasteiger partial charge in [0.25, 0.3) is 0 Å². The average Bonchev–Trinajstić information content (AvgIpc) is 3.28. The molecule has 0 amide bonds. The second-order valence-electron chi connectivity index (χ2n) is 5.16. The fraction of sp³-hybridized carbons (Fsp3) is 0.200. The highest BCUT2D eigenvalue weighted by Gasteiger charge is 2.29. The zero-order chi connectivity index (χ0) is 14.4. The van der Waals surface area contributed by atoms with E-state index in [0.717, 1.165) is 29.4 Å². The van der Waals surface area contributed by atoms with Gasteiger partial charge in [0.1, 0.15) is 17.3 Å². The number of imidazole rings is 1. The number of rotatable bonds is 3. The SMILES string of the molecule is O=Cc1cc(-c2nc3ccc(F)cc3n2C2CC2)cnn1. The number of benzene rings is 1. The number of aromatic nitrogens is 4. The van der Waals surface area contributed by atoms with Crippen molar-refractivity contribution in [3.63, 3.8) is 0 Å². The van der Waals surface area contributed by atoms with Crippen LogP contribution in [0, 0.1) is 5.82 Å². The molecular weight excluding hydrogens is 271 g/mol. The Hall–Kier alpha value is -2.63. The molecule has 104 valence electrons. The first-order valence-corrected chi connectivity index (χ1v) is 6.72. The molecule has 0 spiro atoms. The van der Waals surface area contributed by atoms with Crippen LogP contribution in [0.3, 0.4) is 0 Å². The van der Waals surface area contributed by atoms with E-state index in [-0.39, 0.29) is 11.5 Å². The number of nitrogens with zero attached hydrogens (tertiary/aromatic N) is 4. The fourth-order valence-corrected chi connectivity index (χ4v) is 2.54. The van der Waals surface area contributed by atoms with Crippen LogP contribution >= 0.6 is 0 Å². The van der Waals surface area contributed by atoms with Crippen molar-refractivity contribution in [2.75, 3.05) is 0 Å². The zero-order valence-electron chi connectivity index (χ0n) is 11.0. The second-order valence-corrected chi connectivity index (χ2v) is 5.16. The Morgan fingerprint density at radius 3 is 2.90 bits per heavy atom. The smallest absolute Gasteiger partial charge is 0.170 e. The van der Waals surface area contributed by atoms with E-state index in [0.29, 0.717) is 18.2 Å². The Bertz CT molecular complexity index is 854. The third-order valence-electron chi connectivity index (χ3n) is 3.62. The van der Waals surface area contributed by atoms with Crippen LogP contribution in [0.1, 0.15) is 29.4 Å². The average molecular weight is 282 g/mol. The summed E-state index contributed by atoms with van der Waals surface area (Å²) in [5.41, 5.74) is 2.49. The van der Waals surface area contributed by atoms with Crippen molar-refractivity contribution in [1.82, 2.24) is 19.7 Å². The summed E-state index contributed by atoms with van der Waals surface area (Å²) >= 11 is 0. The Morgan fingerprint density at radius 2 is 2.14 bits per heavy atom. The Balaban J connectivity index is 1.99. The van der Waals surface area contributed by atoms with Crippen molar-refractivity contribution < 1.29 is 9.18 Å². The molecule has 0 N–H and O–H groups in total. The summed E-state index contributed by atoms with van der Waals surface area (Å²) in [6.45, 7) is 0. The fourth-order valence-electron chi connectivity index (χ4n) is 2.54. The van der Waals surface area contributed by atoms with Gasteiger partial charge < -0.3 is 4.57 Å². The van der Waals surface area contributed by atoms with Crippen molar-refractivity contribution >= 4 is 17.3 Å². The minimum Gasteiger partial charge on any atom is -0.321 e. The summed E-state index contributed by atoms with van der Waals surface area (Å²) < 4.78 is 15.6. The van der Waals surface area contributed by atoms with Gasteiger partial charge in [0, 0.05) is 11.6 Å². The Labute approximate surface area is 119 Å². The number of fused-ring (bicyclic) bond motifs is 1. The summed E-state index contributed by atoms with van der Waals surface area (Å²) in [6, 6.07) is 6.55. The molecule has 3 aromatic rings. The van der Waals surface area contributed by atoms with Gasteiger partial charge in [-0.2, -0.15) is 5.10 Å². The summed E-state index contributed by atoms with van der Waals surface area (Å²) in [4.78, 5) is 15.4. The molecule has 5 nitrogen and oxygen atoms in total. The Kier molecular flexibility index (Phi) is 2.57. The molecule has 2 aromatic heterocycles. The van der Waals surface area contributed by atoms with Gasteiger partial charge in [-0.25, -0.2) is 9.37 Å². The van der Waals surface area contributed by atoms with Gasteiger partial charge in [0.2, 0.25) is 0 Å². The van der Waals surface area contributed by atoms with Crippen molar-refractivity contribution in [3.8, 4) is 11.4 Å². The van der Waals surface area contributed by atoms with Gasteiger partial charge in [-0.15, -0.1) is 5.10 Å². The largest absolute Gasteiger partial charge is 0.321 e. The topological polar surface area (TPSA) is 60.7 Å². The van der Waals surface area contributed by atoms with Crippen LogP contribution in [0.2, 0.25) is 0 Å². The first-order valence-electron chi connectivity index (χ1n) is 6.72. The van der Waals surface area contributed by atoms with Crippen LogP contribution in [0.15, 0.2) is 30.5 Å². The number of carbonyl (C=O) groups excluding carboxylic acids is 1. The van der Waals surface area contributed by atoms with Crippen LogP contribution in [-0.2, 0) is 0 Å². The summed E-state index contributed by atoms with van der Waals surface area (Å²) in [6.07, 6.45) is 4.33. The summed E-state index contributed by atoms with van der Waals surface area (Å²) in [5.74, 6) is 0.424. The van der Waals surface area contributed by atoms with Gasteiger partial charge in [-0.1, -0.05) is 0 Å². The van der Waals surface area contributed by atoms with Crippen LogP contribution in [-0.4, -0.2) is 26.0 Å². The number of aldehydes is 1. The predicted molar refractivity (Wildman–Crippen MR) is 74.4 cm³/mol. The molecule has 0 bridgehead atoms. The molecule has 0 radical (unpaired) electrons. The van der Waals surface area contributed by atoms with E-state index in [2.05, 4.69) is 15.2 Å². The normalized spacial score (nSPS) is 14.5. The molecule has 0 saturated heterocycles. The van der Waals surface area contributed by atoms with Crippen molar-refractivity contribution in [2.45, 2.75) is 18.9 Å². The minimum absolute atomic E-state index is 0.257. The maximum Gasteiger partial charge on any atom is 0.170 e.